The first-order valence-corrected chi connectivity index (χ1v) is 7.81. The number of para-hydroxylation sites is 1. The Morgan fingerprint density at radius 3 is 2.78 bits per heavy atom. The highest BCUT2D eigenvalue weighted by atomic mass is 35.5. The van der Waals surface area contributed by atoms with Crippen molar-refractivity contribution in [3.8, 4) is 5.69 Å². The molecular formula is C17H17ClN4O. The molecule has 6 heteroatoms. The van der Waals surface area contributed by atoms with E-state index in [-0.39, 0.29) is 10.6 Å². The van der Waals surface area contributed by atoms with E-state index in [1.54, 1.807) is 12.1 Å². The average Bonchev–Trinajstić information content (AvgIpc) is 2.60. The Morgan fingerprint density at radius 2 is 2.04 bits per heavy atom. The van der Waals surface area contributed by atoms with Gasteiger partial charge in [0.2, 0.25) is 0 Å². The van der Waals surface area contributed by atoms with Crippen molar-refractivity contribution in [3.05, 3.63) is 75.8 Å². The summed E-state index contributed by atoms with van der Waals surface area (Å²) in [6.07, 6.45) is 10.8. The Hall–Kier alpha value is -2.53. The summed E-state index contributed by atoms with van der Waals surface area (Å²) in [4.78, 5) is 12.3. The SMILES string of the molecule is O=c1c(Cl)c(NNC=C2CC=CCC2)cnn1-c1ccccc1. The van der Waals surface area contributed by atoms with Crippen molar-refractivity contribution in [1.82, 2.24) is 15.2 Å². The van der Waals surface area contributed by atoms with Crippen LogP contribution in [0.25, 0.3) is 5.69 Å². The highest BCUT2D eigenvalue weighted by molar-refractivity contribution is 6.32. The van der Waals surface area contributed by atoms with E-state index in [2.05, 4.69) is 28.1 Å². The fourth-order valence-electron chi connectivity index (χ4n) is 2.34. The lowest BCUT2D eigenvalue weighted by atomic mass is 10.0. The van der Waals surface area contributed by atoms with Gasteiger partial charge in [0.05, 0.1) is 17.6 Å². The molecule has 0 spiro atoms. The largest absolute Gasteiger partial charge is 0.308 e. The molecule has 1 aromatic heterocycles. The molecule has 1 aliphatic rings. The van der Waals surface area contributed by atoms with Crippen molar-refractivity contribution in [1.29, 1.82) is 0 Å². The van der Waals surface area contributed by atoms with Gasteiger partial charge < -0.3 is 5.43 Å². The van der Waals surface area contributed by atoms with Crippen LogP contribution in [0, 0.1) is 0 Å². The van der Waals surface area contributed by atoms with E-state index in [4.69, 9.17) is 11.6 Å². The lowest BCUT2D eigenvalue weighted by Gasteiger charge is -2.12. The van der Waals surface area contributed by atoms with Gasteiger partial charge in [-0.3, -0.25) is 10.2 Å². The molecule has 0 radical (unpaired) electrons. The Kier molecular flexibility index (Phi) is 4.78. The Bertz CT molecular complexity index is 796. The summed E-state index contributed by atoms with van der Waals surface area (Å²) in [5.74, 6) is 0. The monoisotopic (exact) mass is 328 g/mol. The van der Waals surface area contributed by atoms with Gasteiger partial charge in [-0.05, 0) is 37.0 Å². The minimum atomic E-state index is -0.363. The van der Waals surface area contributed by atoms with Crippen molar-refractivity contribution in [2.24, 2.45) is 0 Å². The maximum absolute atomic E-state index is 12.3. The molecule has 0 fully saturated rings. The molecule has 2 aromatic rings. The van der Waals surface area contributed by atoms with Crippen LogP contribution < -0.4 is 16.4 Å². The third-order valence-corrected chi connectivity index (χ3v) is 3.95. The van der Waals surface area contributed by atoms with Gasteiger partial charge in [-0.25, -0.2) is 0 Å². The first kappa shape index (κ1) is 15.4. The molecule has 0 unspecified atom stereocenters. The van der Waals surface area contributed by atoms with Crippen molar-refractivity contribution in [3.63, 3.8) is 0 Å². The van der Waals surface area contributed by atoms with E-state index in [0.717, 1.165) is 19.3 Å². The number of hydrazine groups is 1. The van der Waals surface area contributed by atoms with Crippen molar-refractivity contribution < 1.29 is 0 Å². The van der Waals surface area contributed by atoms with E-state index in [9.17, 15) is 4.79 Å². The molecule has 3 rings (SSSR count). The van der Waals surface area contributed by atoms with Gasteiger partial charge in [0.15, 0.2) is 0 Å². The zero-order valence-corrected chi connectivity index (χ0v) is 13.3. The van der Waals surface area contributed by atoms with Crippen LogP contribution in [0.5, 0.6) is 0 Å². The van der Waals surface area contributed by atoms with Crippen LogP contribution in [-0.2, 0) is 0 Å². The minimum Gasteiger partial charge on any atom is -0.308 e. The molecule has 1 aliphatic carbocycles. The van der Waals surface area contributed by atoms with E-state index in [0.29, 0.717) is 11.4 Å². The van der Waals surface area contributed by atoms with Crippen LogP contribution in [0.4, 0.5) is 5.69 Å². The Morgan fingerprint density at radius 1 is 1.22 bits per heavy atom. The molecule has 0 amide bonds. The predicted octanol–water partition coefficient (Wildman–Crippen LogP) is 3.43. The standard InChI is InChI=1S/C17H17ClN4O/c18-16-15(21-19-11-13-7-3-1-4-8-13)12-20-22(17(16)23)14-9-5-2-6-10-14/h1-3,5-6,9-12,19,21H,4,7-8H2. The summed E-state index contributed by atoms with van der Waals surface area (Å²) in [5.41, 5.74) is 7.96. The molecule has 1 heterocycles. The number of nitrogens with one attached hydrogen (secondary N) is 2. The summed E-state index contributed by atoms with van der Waals surface area (Å²) in [7, 11) is 0. The van der Waals surface area contributed by atoms with Crippen molar-refractivity contribution >= 4 is 17.3 Å². The maximum Gasteiger partial charge on any atom is 0.292 e. The molecule has 0 atom stereocenters. The first-order chi connectivity index (χ1) is 11.3. The highest BCUT2D eigenvalue weighted by Crippen LogP contribution is 2.17. The van der Waals surface area contributed by atoms with Gasteiger partial charge in [-0.2, -0.15) is 9.78 Å². The van der Waals surface area contributed by atoms with Crippen LogP contribution in [0.1, 0.15) is 19.3 Å². The number of allylic oxidation sites excluding steroid dienone is 3. The zero-order chi connectivity index (χ0) is 16.1. The van der Waals surface area contributed by atoms with Gasteiger partial charge in [0.25, 0.3) is 5.56 Å². The van der Waals surface area contributed by atoms with Gasteiger partial charge in [-0.15, -0.1) is 0 Å². The normalized spacial score (nSPS) is 15.6. The van der Waals surface area contributed by atoms with Gasteiger partial charge in [-0.1, -0.05) is 42.0 Å². The number of benzene rings is 1. The molecule has 0 bridgehead atoms. The second-order valence-corrected chi connectivity index (χ2v) is 5.59. The number of aromatic nitrogens is 2. The number of anilines is 1. The molecule has 2 N–H and O–H groups in total. The molecule has 23 heavy (non-hydrogen) atoms. The highest BCUT2D eigenvalue weighted by Gasteiger charge is 2.10. The van der Waals surface area contributed by atoms with Gasteiger partial charge >= 0.3 is 0 Å². The number of nitrogens with zero attached hydrogens (tertiary/aromatic N) is 2. The molecule has 1 aromatic carbocycles. The molecule has 0 aliphatic heterocycles. The third-order valence-electron chi connectivity index (χ3n) is 3.58. The van der Waals surface area contributed by atoms with Crippen molar-refractivity contribution in [2.45, 2.75) is 19.3 Å². The van der Waals surface area contributed by atoms with Gasteiger partial charge in [0.1, 0.15) is 5.02 Å². The van der Waals surface area contributed by atoms with Crippen LogP contribution in [0.15, 0.2) is 65.2 Å². The third kappa shape index (κ3) is 3.63. The second-order valence-electron chi connectivity index (χ2n) is 5.21. The summed E-state index contributed by atoms with van der Waals surface area (Å²) < 4.78 is 1.28. The lowest BCUT2D eigenvalue weighted by molar-refractivity contribution is 0.804. The average molecular weight is 329 g/mol. The minimum absolute atomic E-state index is 0.0956. The van der Waals surface area contributed by atoms with Crippen LogP contribution in [-0.4, -0.2) is 9.78 Å². The molecular weight excluding hydrogens is 312 g/mol. The quantitative estimate of drug-likeness (QED) is 0.667. The number of halogens is 1. The first-order valence-electron chi connectivity index (χ1n) is 7.43. The smallest absolute Gasteiger partial charge is 0.292 e. The van der Waals surface area contributed by atoms with E-state index >= 15 is 0 Å². The number of hydrogen-bond donors (Lipinski definition) is 2. The number of hydrogen-bond acceptors (Lipinski definition) is 4. The summed E-state index contributed by atoms with van der Waals surface area (Å²) >= 11 is 6.16. The van der Waals surface area contributed by atoms with E-state index < -0.39 is 0 Å². The Balaban J connectivity index is 1.75. The zero-order valence-electron chi connectivity index (χ0n) is 12.5. The van der Waals surface area contributed by atoms with Crippen LogP contribution >= 0.6 is 11.6 Å². The summed E-state index contributed by atoms with van der Waals surface area (Å²) in [6, 6.07) is 9.17. The summed E-state index contributed by atoms with van der Waals surface area (Å²) in [6.45, 7) is 0. The topological polar surface area (TPSA) is 59.0 Å². The van der Waals surface area contributed by atoms with Crippen LogP contribution in [0.2, 0.25) is 5.02 Å². The molecule has 118 valence electrons. The predicted molar refractivity (Wildman–Crippen MR) is 92.7 cm³/mol. The van der Waals surface area contributed by atoms with E-state index in [1.165, 1.54) is 16.5 Å². The fraction of sp³-hybridized carbons (Fsp3) is 0.176. The maximum atomic E-state index is 12.3. The lowest BCUT2D eigenvalue weighted by Crippen LogP contribution is -2.25. The van der Waals surface area contributed by atoms with Crippen molar-refractivity contribution in [2.75, 3.05) is 5.43 Å². The van der Waals surface area contributed by atoms with E-state index in [1.807, 2.05) is 24.4 Å². The molecule has 5 nitrogen and oxygen atoms in total. The Labute approximate surface area is 139 Å². The molecule has 0 saturated carbocycles. The molecule has 0 saturated heterocycles. The summed E-state index contributed by atoms with van der Waals surface area (Å²) in [5, 5.41) is 4.26. The van der Waals surface area contributed by atoms with Gasteiger partial charge in [0, 0.05) is 6.20 Å². The van der Waals surface area contributed by atoms with Crippen LogP contribution in [0.3, 0.4) is 0 Å². The number of rotatable bonds is 4. The second kappa shape index (κ2) is 7.15. The fourth-order valence-corrected chi connectivity index (χ4v) is 2.52.